The van der Waals surface area contributed by atoms with Crippen molar-refractivity contribution in [2.75, 3.05) is 11.1 Å². The van der Waals surface area contributed by atoms with Gasteiger partial charge in [0.15, 0.2) is 0 Å². The number of nitrogen functional groups attached to an aromatic ring is 1. The Morgan fingerprint density at radius 1 is 1.08 bits per heavy atom. The van der Waals surface area contributed by atoms with E-state index >= 15 is 0 Å². The Kier molecular flexibility index (Phi) is 5.14. The zero-order valence-corrected chi connectivity index (χ0v) is 16.0. The van der Waals surface area contributed by atoms with Gasteiger partial charge in [-0.15, -0.1) is 0 Å². The largest absolute Gasteiger partial charge is 0.368 e. The van der Waals surface area contributed by atoms with Gasteiger partial charge in [-0.25, -0.2) is 0 Å². The average Bonchev–Trinajstić information content (AvgIpc) is 2.58. The fraction of sp³-hybridized carbons (Fsp3) is 0.158. The molecular formula is C19H17BrN6. The van der Waals surface area contributed by atoms with Crippen LogP contribution < -0.4 is 11.1 Å². The van der Waals surface area contributed by atoms with Gasteiger partial charge in [0.1, 0.15) is 5.82 Å². The average molecular weight is 409 g/mol. The van der Waals surface area contributed by atoms with Gasteiger partial charge in [0.25, 0.3) is 0 Å². The Labute approximate surface area is 160 Å². The molecule has 2 aromatic carbocycles. The molecule has 0 bridgehead atoms. The van der Waals surface area contributed by atoms with Crippen molar-refractivity contribution >= 4 is 33.5 Å². The third-order valence-electron chi connectivity index (χ3n) is 3.96. The van der Waals surface area contributed by atoms with Crippen LogP contribution in [0.3, 0.4) is 0 Å². The van der Waals surface area contributed by atoms with E-state index in [-0.39, 0.29) is 5.95 Å². The van der Waals surface area contributed by atoms with Crippen LogP contribution in [0.25, 0.3) is 0 Å². The van der Waals surface area contributed by atoms with Crippen LogP contribution in [-0.2, 0) is 6.42 Å². The highest BCUT2D eigenvalue weighted by atomic mass is 79.9. The third kappa shape index (κ3) is 4.16. The highest BCUT2D eigenvalue weighted by Crippen LogP contribution is 2.23. The molecule has 0 saturated carbocycles. The van der Waals surface area contributed by atoms with E-state index in [1.54, 1.807) is 24.3 Å². The molecular weight excluding hydrogens is 392 g/mol. The van der Waals surface area contributed by atoms with Crippen molar-refractivity contribution in [1.82, 2.24) is 15.0 Å². The fourth-order valence-corrected chi connectivity index (χ4v) is 3.39. The van der Waals surface area contributed by atoms with E-state index in [4.69, 9.17) is 11.0 Å². The molecule has 0 radical (unpaired) electrons. The summed E-state index contributed by atoms with van der Waals surface area (Å²) in [4.78, 5) is 12.9. The maximum absolute atomic E-state index is 8.87. The minimum atomic E-state index is 0.165. The first-order valence-electron chi connectivity index (χ1n) is 7.98. The van der Waals surface area contributed by atoms with Crippen LogP contribution in [-0.4, -0.2) is 15.0 Å². The van der Waals surface area contributed by atoms with Crippen molar-refractivity contribution in [3.8, 4) is 6.07 Å². The number of nitrogens with zero attached hydrogens (tertiary/aromatic N) is 4. The van der Waals surface area contributed by atoms with Crippen molar-refractivity contribution in [3.05, 3.63) is 68.9 Å². The summed E-state index contributed by atoms with van der Waals surface area (Å²) in [7, 11) is 0. The van der Waals surface area contributed by atoms with Crippen molar-refractivity contribution < 1.29 is 0 Å². The maximum Gasteiger partial charge on any atom is 0.232 e. The first-order chi connectivity index (χ1) is 12.4. The summed E-state index contributed by atoms with van der Waals surface area (Å²) < 4.78 is 1.05. The summed E-state index contributed by atoms with van der Waals surface area (Å²) in [6.45, 7) is 4.13. The number of rotatable bonds is 4. The van der Waals surface area contributed by atoms with Crippen molar-refractivity contribution in [3.63, 3.8) is 0 Å². The topological polar surface area (TPSA) is 101 Å². The van der Waals surface area contributed by atoms with Crippen LogP contribution in [0.15, 0.2) is 40.9 Å². The predicted molar refractivity (Wildman–Crippen MR) is 105 cm³/mol. The van der Waals surface area contributed by atoms with Gasteiger partial charge in [-0.05, 0) is 66.9 Å². The van der Waals surface area contributed by atoms with E-state index in [2.05, 4.69) is 68.2 Å². The van der Waals surface area contributed by atoms with Gasteiger partial charge in [0, 0.05) is 16.6 Å². The summed E-state index contributed by atoms with van der Waals surface area (Å²) in [5.74, 6) is 1.14. The van der Waals surface area contributed by atoms with Crippen molar-refractivity contribution in [2.24, 2.45) is 0 Å². The zero-order chi connectivity index (χ0) is 18.7. The van der Waals surface area contributed by atoms with Crippen LogP contribution in [0.5, 0.6) is 0 Å². The minimum Gasteiger partial charge on any atom is -0.368 e. The van der Waals surface area contributed by atoms with E-state index in [1.807, 2.05) is 0 Å². The molecule has 26 heavy (non-hydrogen) atoms. The van der Waals surface area contributed by atoms with E-state index in [0.29, 0.717) is 23.8 Å². The van der Waals surface area contributed by atoms with Gasteiger partial charge in [-0.2, -0.15) is 20.2 Å². The molecule has 6 nitrogen and oxygen atoms in total. The second-order valence-corrected chi connectivity index (χ2v) is 6.86. The summed E-state index contributed by atoms with van der Waals surface area (Å²) in [6.07, 6.45) is 0.569. The molecule has 3 aromatic rings. The van der Waals surface area contributed by atoms with Gasteiger partial charge >= 0.3 is 0 Å². The molecule has 0 unspecified atom stereocenters. The van der Waals surface area contributed by atoms with Crippen LogP contribution >= 0.6 is 15.9 Å². The summed E-state index contributed by atoms with van der Waals surface area (Å²) in [5.41, 5.74) is 10.7. The lowest BCUT2D eigenvalue weighted by molar-refractivity contribution is 0.924. The molecule has 130 valence electrons. The summed E-state index contributed by atoms with van der Waals surface area (Å²) in [5, 5.41) is 12.0. The molecule has 7 heteroatoms. The predicted octanol–water partition coefficient (Wildman–Crippen LogP) is 4.04. The normalized spacial score (nSPS) is 10.4. The molecule has 1 aromatic heterocycles. The van der Waals surface area contributed by atoms with Crippen LogP contribution in [0, 0.1) is 25.2 Å². The molecule has 0 fully saturated rings. The lowest BCUT2D eigenvalue weighted by Gasteiger charge is -2.11. The number of nitrogens with one attached hydrogen (secondary N) is 1. The van der Waals surface area contributed by atoms with E-state index in [9.17, 15) is 0 Å². The Morgan fingerprint density at radius 3 is 2.35 bits per heavy atom. The third-order valence-corrected chi connectivity index (χ3v) is 4.42. The number of nitriles is 1. The molecule has 0 aliphatic heterocycles. The number of halogens is 1. The second kappa shape index (κ2) is 7.50. The van der Waals surface area contributed by atoms with Crippen LogP contribution in [0.2, 0.25) is 0 Å². The van der Waals surface area contributed by atoms with E-state index in [1.165, 1.54) is 5.56 Å². The second-order valence-electron chi connectivity index (χ2n) is 5.94. The van der Waals surface area contributed by atoms with Crippen molar-refractivity contribution in [2.45, 2.75) is 20.3 Å². The minimum absolute atomic E-state index is 0.165. The zero-order valence-electron chi connectivity index (χ0n) is 14.4. The molecule has 0 aliphatic rings. The highest BCUT2D eigenvalue weighted by Gasteiger charge is 2.10. The Morgan fingerprint density at radius 2 is 1.73 bits per heavy atom. The first kappa shape index (κ1) is 17.8. The monoisotopic (exact) mass is 408 g/mol. The smallest absolute Gasteiger partial charge is 0.232 e. The summed E-state index contributed by atoms with van der Waals surface area (Å²) in [6, 6.07) is 13.3. The number of benzene rings is 2. The highest BCUT2D eigenvalue weighted by molar-refractivity contribution is 9.10. The summed E-state index contributed by atoms with van der Waals surface area (Å²) >= 11 is 3.51. The van der Waals surface area contributed by atoms with E-state index < -0.39 is 0 Å². The molecule has 0 spiro atoms. The maximum atomic E-state index is 8.87. The van der Waals surface area contributed by atoms with Crippen molar-refractivity contribution in [1.29, 1.82) is 5.26 Å². The van der Waals surface area contributed by atoms with E-state index in [0.717, 1.165) is 21.3 Å². The Bertz CT molecular complexity index is 969. The molecule has 3 rings (SSSR count). The first-order valence-corrected chi connectivity index (χ1v) is 8.77. The van der Waals surface area contributed by atoms with Crippen LogP contribution in [0.4, 0.5) is 17.6 Å². The van der Waals surface area contributed by atoms with Gasteiger partial charge in [-0.3, -0.25) is 0 Å². The Hall–Kier alpha value is -2.98. The van der Waals surface area contributed by atoms with Gasteiger partial charge in [0.2, 0.25) is 11.9 Å². The number of hydrogen-bond acceptors (Lipinski definition) is 6. The quantitative estimate of drug-likeness (QED) is 0.675. The van der Waals surface area contributed by atoms with Gasteiger partial charge in [-0.1, -0.05) is 15.9 Å². The lowest BCUT2D eigenvalue weighted by atomic mass is 10.00. The molecule has 0 saturated heterocycles. The number of aryl methyl sites for hydroxylation is 2. The standard InChI is InChI=1S/C19H17BrN6/c1-11-7-14(20)8-12(2)16(11)9-17-24-18(22)26-19(25-17)23-15-5-3-13(10-21)4-6-15/h3-8H,9H2,1-2H3,(H3,22,23,24,25,26). The number of hydrogen-bond donors (Lipinski definition) is 2. The molecule has 0 amide bonds. The Balaban J connectivity index is 1.87. The lowest BCUT2D eigenvalue weighted by Crippen LogP contribution is -2.08. The molecule has 3 N–H and O–H groups in total. The number of anilines is 3. The molecule has 1 heterocycles. The number of aromatic nitrogens is 3. The molecule has 0 atom stereocenters. The van der Waals surface area contributed by atoms with Crippen LogP contribution in [0.1, 0.15) is 28.1 Å². The molecule has 0 aliphatic carbocycles. The van der Waals surface area contributed by atoms with Gasteiger partial charge < -0.3 is 11.1 Å². The number of nitrogens with two attached hydrogens (primary N) is 1. The SMILES string of the molecule is Cc1cc(Br)cc(C)c1Cc1nc(N)nc(Nc2ccc(C#N)cc2)n1. The van der Waals surface area contributed by atoms with Gasteiger partial charge in [0.05, 0.1) is 11.6 Å². The fourth-order valence-electron chi connectivity index (χ4n) is 2.71.